The van der Waals surface area contributed by atoms with Crippen molar-refractivity contribution in [1.29, 1.82) is 0 Å². The summed E-state index contributed by atoms with van der Waals surface area (Å²) < 4.78 is 0. The molecule has 0 aromatic rings. The number of hydrogen-bond donors (Lipinski definition) is 2. The molecule has 0 spiro atoms. The molecule has 0 bridgehead atoms. The van der Waals surface area contributed by atoms with Gasteiger partial charge in [-0.15, -0.1) is 0 Å². The fourth-order valence-corrected chi connectivity index (χ4v) is 0.781. The van der Waals surface area contributed by atoms with Crippen molar-refractivity contribution in [3.63, 3.8) is 0 Å². The van der Waals surface area contributed by atoms with Gasteiger partial charge in [-0.1, -0.05) is 0 Å². The minimum absolute atomic E-state index is 0.403. The van der Waals surface area contributed by atoms with E-state index in [1.807, 2.05) is 0 Å². The molecule has 0 heterocycles. The minimum Gasteiger partial charge on any atom is -0.481 e. The zero-order chi connectivity index (χ0) is 9.72. The van der Waals surface area contributed by atoms with E-state index in [9.17, 15) is 14.4 Å². The van der Waals surface area contributed by atoms with E-state index in [2.05, 4.69) is 0 Å². The van der Waals surface area contributed by atoms with E-state index in [0.29, 0.717) is 0 Å². The van der Waals surface area contributed by atoms with Crippen molar-refractivity contribution in [2.45, 2.75) is 19.8 Å². The van der Waals surface area contributed by atoms with Gasteiger partial charge in [0.2, 0.25) is 0 Å². The van der Waals surface area contributed by atoms with E-state index in [1.54, 1.807) is 0 Å². The van der Waals surface area contributed by atoms with Crippen molar-refractivity contribution in [3.05, 3.63) is 0 Å². The summed E-state index contributed by atoms with van der Waals surface area (Å²) in [6.07, 6.45) is -0.830. The van der Waals surface area contributed by atoms with Gasteiger partial charge in [-0.2, -0.15) is 0 Å². The largest absolute Gasteiger partial charge is 0.481 e. The molecule has 0 aliphatic rings. The Morgan fingerprint density at radius 1 is 1.08 bits per heavy atom. The van der Waals surface area contributed by atoms with Gasteiger partial charge in [-0.3, -0.25) is 14.4 Å². The molecule has 0 saturated heterocycles. The first-order valence-corrected chi connectivity index (χ1v) is 3.37. The number of carbonyl (C=O) groups is 3. The molecule has 0 aliphatic heterocycles. The van der Waals surface area contributed by atoms with Gasteiger partial charge in [0, 0.05) is 5.92 Å². The van der Waals surface area contributed by atoms with Crippen LogP contribution < -0.4 is 0 Å². The fraction of sp³-hybridized carbons (Fsp3) is 0.571. The standard InChI is InChI=1S/C7H10O5/c1-4(8)5(2-6(9)10)3-7(11)12/h5H,2-3H2,1H3,(H,9,10)(H,11,12). The highest BCUT2D eigenvalue weighted by molar-refractivity contribution is 5.86. The lowest BCUT2D eigenvalue weighted by Gasteiger charge is -2.06. The van der Waals surface area contributed by atoms with Crippen LogP contribution in [0.4, 0.5) is 0 Å². The average molecular weight is 174 g/mol. The van der Waals surface area contributed by atoms with E-state index in [-0.39, 0.29) is 0 Å². The molecule has 0 amide bonds. The fourth-order valence-electron chi connectivity index (χ4n) is 0.781. The van der Waals surface area contributed by atoms with Crippen molar-refractivity contribution in [1.82, 2.24) is 0 Å². The van der Waals surface area contributed by atoms with Crippen molar-refractivity contribution in [2.75, 3.05) is 0 Å². The Hall–Kier alpha value is -1.39. The van der Waals surface area contributed by atoms with E-state index in [4.69, 9.17) is 10.2 Å². The lowest BCUT2D eigenvalue weighted by molar-refractivity contribution is -0.144. The van der Waals surface area contributed by atoms with Crippen LogP contribution in [-0.2, 0) is 14.4 Å². The number of ketones is 1. The predicted molar refractivity (Wildman–Crippen MR) is 38.7 cm³/mol. The highest BCUT2D eigenvalue weighted by atomic mass is 16.4. The Kier molecular flexibility index (Phi) is 3.96. The summed E-state index contributed by atoms with van der Waals surface area (Å²) in [6.45, 7) is 1.19. The third-order valence-electron chi connectivity index (χ3n) is 1.42. The normalized spacial score (nSPS) is 9.83. The van der Waals surface area contributed by atoms with Crippen molar-refractivity contribution >= 4 is 17.7 Å². The van der Waals surface area contributed by atoms with Gasteiger partial charge >= 0.3 is 11.9 Å². The zero-order valence-electron chi connectivity index (χ0n) is 6.61. The van der Waals surface area contributed by atoms with E-state index >= 15 is 0 Å². The third kappa shape index (κ3) is 4.43. The Morgan fingerprint density at radius 3 is 1.58 bits per heavy atom. The number of carboxylic acid groups (broad SMARTS) is 2. The molecule has 0 saturated carbocycles. The Morgan fingerprint density at radius 2 is 1.42 bits per heavy atom. The summed E-state index contributed by atoms with van der Waals surface area (Å²) in [7, 11) is 0. The van der Waals surface area contributed by atoms with Gasteiger partial charge in [-0.05, 0) is 6.92 Å². The zero-order valence-corrected chi connectivity index (χ0v) is 6.61. The molecule has 0 fully saturated rings. The number of hydrogen-bond acceptors (Lipinski definition) is 3. The smallest absolute Gasteiger partial charge is 0.304 e. The number of carbonyl (C=O) groups excluding carboxylic acids is 1. The van der Waals surface area contributed by atoms with Gasteiger partial charge in [-0.25, -0.2) is 0 Å². The summed E-state index contributed by atoms with van der Waals surface area (Å²) in [4.78, 5) is 31.0. The average Bonchev–Trinajstić information content (AvgIpc) is 1.83. The highest BCUT2D eigenvalue weighted by Gasteiger charge is 2.20. The molecule has 0 aromatic heterocycles. The molecule has 5 nitrogen and oxygen atoms in total. The summed E-state index contributed by atoms with van der Waals surface area (Å²) in [5.74, 6) is -3.62. The molecule has 0 rings (SSSR count). The monoisotopic (exact) mass is 174 g/mol. The maximum Gasteiger partial charge on any atom is 0.304 e. The van der Waals surface area contributed by atoms with Crippen LogP contribution >= 0.6 is 0 Å². The molecule has 0 radical (unpaired) electrons. The molecule has 12 heavy (non-hydrogen) atoms. The number of Topliss-reactive ketones (excluding diaryl/α,β-unsaturated/α-hetero) is 1. The van der Waals surface area contributed by atoms with Gasteiger partial charge < -0.3 is 10.2 Å². The third-order valence-corrected chi connectivity index (χ3v) is 1.42. The molecular weight excluding hydrogens is 164 g/mol. The van der Waals surface area contributed by atoms with Crippen LogP contribution in [0.2, 0.25) is 0 Å². The Bertz CT molecular complexity index is 192. The lowest BCUT2D eigenvalue weighted by Crippen LogP contribution is -2.19. The molecule has 0 atom stereocenters. The van der Waals surface area contributed by atoms with Gasteiger partial charge in [0.1, 0.15) is 5.78 Å². The van der Waals surface area contributed by atoms with Crippen LogP contribution in [0, 0.1) is 5.92 Å². The number of carboxylic acids is 2. The minimum atomic E-state index is -1.16. The predicted octanol–water partition coefficient (Wildman–Crippen LogP) is 0.141. The van der Waals surface area contributed by atoms with Gasteiger partial charge in [0.15, 0.2) is 0 Å². The maximum atomic E-state index is 10.7. The first kappa shape index (κ1) is 10.6. The van der Waals surface area contributed by atoms with Crippen molar-refractivity contribution in [3.8, 4) is 0 Å². The van der Waals surface area contributed by atoms with Gasteiger partial charge in [0.05, 0.1) is 12.8 Å². The molecular formula is C7H10O5. The van der Waals surface area contributed by atoms with Crippen molar-refractivity contribution in [2.24, 2.45) is 5.92 Å². The van der Waals surface area contributed by atoms with E-state index < -0.39 is 36.5 Å². The van der Waals surface area contributed by atoms with Gasteiger partial charge in [0.25, 0.3) is 0 Å². The Labute approximate surface area is 69.0 Å². The van der Waals surface area contributed by atoms with Crippen LogP contribution in [0.5, 0.6) is 0 Å². The van der Waals surface area contributed by atoms with Crippen LogP contribution in [0.1, 0.15) is 19.8 Å². The first-order valence-electron chi connectivity index (χ1n) is 3.37. The summed E-state index contributed by atoms with van der Waals surface area (Å²) >= 11 is 0. The number of aliphatic carboxylic acids is 2. The van der Waals surface area contributed by atoms with Crippen LogP contribution in [-0.4, -0.2) is 27.9 Å². The molecule has 0 aromatic carbocycles. The molecule has 0 unspecified atom stereocenters. The molecule has 68 valence electrons. The summed E-state index contributed by atoms with van der Waals surface area (Å²) in [5, 5.41) is 16.6. The second-order valence-corrected chi connectivity index (χ2v) is 2.50. The Balaban J connectivity index is 4.14. The lowest BCUT2D eigenvalue weighted by atomic mass is 9.98. The van der Waals surface area contributed by atoms with Crippen molar-refractivity contribution < 1.29 is 24.6 Å². The van der Waals surface area contributed by atoms with Crippen LogP contribution in [0.3, 0.4) is 0 Å². The SMILES string of the molecule is CC(=O)C(CC(=O)O)CC(=O)O. The molecule has 0 aliphatic carbocycles. The van der Waals surface area contributed by atoms with E-state index in [0.717, 1.165) is 0 Å². The second-order valence-electron chi connectivity index (χ2n) is 2.50. The summed E-state index contributed by atoms with van der Waals surface area (Å²) in [5.41, 5.74) is 0. The van der Waals surface area contributed by atoms with Crippen LogP contribution in [0.15, 0.2) is 0 Å². The molecule has 2 N–H and O–H groups in total. The first-order chi connectivity index (χ1) is 5.43. The summed E-state index contributed by atoms with van der Waals surface area (Å²) in [6, 6.07) is 0. The highest BCUT2D eigenvalue weighted by Crippen LogP contribution is 2.09. The maximum absolute atomic E-state index is 10.7. The topological polar surface area (TPSA) is 91.7 Å². The quantitative estimate of drug-likeness (QED) is 0.618. The second kappa shape index (κ2) is 4.48. The van der Waals surface area contributed by atoms with Crippen LogP contribution in [0.25, 0.3) is 0 Å². The van der Waals surface area contributed by atoms with E-state index in [1.165, 1.54) is 6.92 Å². The number of rotatable bonds is 5. The molecule has 5 heteroatoms.